The molecule has 2 atom stereocenters. The number of fused-ring (bicyclic) bond motifs is 2. The van der Waals surface area contributed by atoms with Crippen molar-refractivity contribution in [1.82, 2.24) is 24.4 Å². The Morgan fingerprint density at radius 2 is 2.06 bits per heavy atom. The predicted octanol–water partition coefficient (Wildman–Crippen LogP) is 3.35. The third-order valence-corrected chi connectivity index (χ3v) is 6.35. The highest BCUT2D eigenvalue weighted by Gasteiger charge is 2.30. The van der Waals surface area contributed by atoms with Crippen molar-refractivity contribution in [3.63, 3.8) is 0 Å². The second kappa shape index (κ2) is 8.51. The number of hydrogen-bond donors (Lipinski definition) is 2. The monoisotopic (exact) mass is 457 g/mol. The number of pyridine rings is 2. The van der Waals surface area contributed by atoms with Crippen molar-refractivity contribution in [2.75, 3.05) is 12.4 Å². The summed E-state index contributed by atoms with van der Waals surface area (Å²) in [6.45, 7) is 0. The minimum Gasteiger partial charge on any atom is -0.453 e. The molecule has 0 radical (unpaired) electrons. The van der Waals surface area contributed by atoms with Gasteiger partial charge in [-0.15, -0.1) is 0 Å². The van der Waals surface area contributed by atoms with Crippen molar-refractivity contribution in [3.05, 3.63) is 58.6 Å². The maximum absolute atomic E-state index is 13.1. The Hall–Kier alpha value is -4.39. The van der Waals surface area contributed by atoms with E-state index >= 15 is 0 Å². The second-order valence-electron chi connectivity index (χ2n) is 8.38. The minimum absolute atomic E-state index is 0.0461. The minimum atomic E-state index is -0.464. The van der Waals surface area contributed by atoms with E-state index < -0.39 is 6.09 Å². The van der Waals surface area contributed by atoms with Gasteiger partial charge in [-0.25, -0.2) is 19.6 Å². The lowest BCUT2D eigenvalue weighted by Crippen LogP contribution is -2.33. The number of rotatable bonds is 4. The van der Waals surface area contributed by atoms with Crippen LogP contribution in [0.5, 0.6) is 0 Å². The number of aryl methyl sites for hydroxylation is 1. The van der Waals surface area contributed by atoms with Gasteiger partial charge in [0, 0.05) is 30.6 Å². The Labute approximate surface area is 194 Å². The lowest BCUT2D eigenvalue weighted by atomic mass is 10.1. The first-order valence-corrected chi connectivity index (χ1v) is 11.0. The number of imidazole rings is 1. The zero-order valence-electron chi connectivity index (χ0n) is 18.8. The van der Waals surface area contributed by atoms with Gasteiger partial charge in [-0.2, -0.15) is 5.26 Å². The third-order valence-electron chi connectivity index (χ3n) is 6.35. The molecule has 1 saturated carbocycles. The normalized spacial score (nSPS) is 17.6. The number of alkyl carbamates (subject to hydrolysis) is 1. The average Bonchev–Trinajstić information content (AvgIpc) is 3.40. The van der Waals surface area contributed by atoms with Gasteiger partial charge >= 0.3 is 11.8 Å². The number of nitriles is 1. The Kier molecular flexibility index (Phi) is 5.37. The van der Waals surface area contributed by atoms with Crippen LogP contribution >= 0.6 is 0 Å². The summed E-state index contributed by atoms with van der Waals surface area (Å²) >= 11 is 0. The summed E-state index contributed by atoms with van der Waals surface area (Å²) in [4.78, 5) is 33.7. The lowest BCUT2D eigenvalue weighted by Gasteiger charge is -2.14. The second-order valence-corrected chi connectivity index (χ2v) is 8.38. The topological polar surface area (TPSA) is 127 Å². The van der Waals surface area contributed by atoms with Crippen molar-refractivity contribution in [2.24, 2.45) is 7.05 Å². The summed E-state index contributed by atoms with van der Waals surface area (Å²) in [5, 5.41) is 16.3. The number of carbonyl (C=O) groups excluding carboxylic acids is 1. The van der Waals surface area contributed by atoms with E-state index in [4.69, 9.17) is 4.74 Å². The molecule has 10 nitrogen and oxygen atoms in total. The van der Waals surface area contributed by atoms with Crippen LogP contribution in [0.3, 0.4) is 0 Å². The summed E-state index contributed by atoms with van der Waals surface area (Å²) in [5.41, 5.74) is 2.46. The fourth-order valence-electron chi connectivity index (χ4n) is 4.66. The van der Waals surface area contributed by atoms with Crippen LogP contribution in [0.15, 0.2) is 47.4 Å². The summed E-state index contributed by atoms with van der Waals surface area (Å²) in [5.74, 6) is 1.09. The highest BCUT2D eigenvalue weighted by molar-refractivity contribution is 5.86. The number of aromatic nitrogens is 4. The van der Waals surface area contributed by atoms with Gasteiger partial charge in [0.15, 0.2) is 0 Å². The van der Waals surface area contributed by atoms with E-state index in [1.165, 1.54) is 7.11 Å². The number of methoxy groups -OCH3 is 1. The molecule has 1 aromatic carbocycles. The van der Waals surface area contributed by atoms with Crippen LogP contribution in [0.25, 0.3) is 21.9 Å². The first-order chi connectivity index (χ1) is 16.5. The zero-order valence-corrected chi connectivity index (χ0v) is 18.8. The molecule has 10 heteroatoms. The number of carbonyl (C=O) groups is 1. The molecule has 3 heterocycles. The van der Waals surface area contributed by atoms with Crippen LogP contribution in [0.2, 0.25) is 0 Å². The van der Waals surface area contributed by atoms with E-state index in [9.17, 15) is 14.9 Å². The first kappa shape index (κ1) is 21.5. The van der Waals surface area contributed by atoms with E-state index in [-0.39, 0.29) is 17.8 Å². The summed E-state index contributed by atoms with van der Waals surface area (Å²) in [7, 11) is 3.06. The van der Waals surface area contributed by atoms with E-state index in [0.717, 1.165) is 29.3 Å². The lowest BCUT2D eigenvalue weighted by molar-refractivity contribution is 0.166. The molecular weight excluding hydrogens is 434 g/mol. The van der Waals surface area contributed by atoms with Crippen molar-refractivity contribution in [3.8, 4) is 6.07 Å². The molecule has 5 rings (SSSR count). The molecule has 172 valence electrons. The standard InChI is InChI=1S/C24H23N7O3/c1-30-19-13-26-21(28-20-9-6-14-4-3-5-15(12-25)22(14)29-20)11-18(19)31(24(30)33)17-8-7-16(10-17)27-23(32)34-2/h3-6,9,11,13,16-17H,7-8,10H2,1-2H3,(H,27,32)(H,26,28,29)/t16-,17-/m1/s1. The number of nitrogens with one attached hydrogen (secondary N) is 2. The Morgan fingerprint density at radius 1 is 1.21 bits per heavy atom. The first-order valence-electron chi connectivity index (χ1n) is 11.0. The predicted molar refractivity (Wildman–Crippen MR) is 127 cm³/mol. The molecule has 34 heavy (non-hydrogen) atoms. The van der Waals surface area contributed by atoms with Gasteiger partial charge in [0.1, 0.15) is 17.7 Å². The van der Waals surface area contributed by atoms with Gasteiger partial charge in [-0.1, -0.05) is 12.1 Å². The number of hydrogen-bond acceptors (Lipinski definition) is 7. The third kappa shape index (κ3) is 3.71. The number of amides is 1. The molecule has 3 aromatic heterocycles. The number of nitrogens with zero attached hydrogens (tertiary/aromatic N) is 5. The molecule has 1 aliphatic rings. The molecule has 0 spiro atoms. The summed E-state index contributed by atoms with van der Waals surface area (Å²) in [6.07, 6.45) is 3.37. The van der Waals surface area contributed by atoms with Crippen LogP contribution in [-0.4, -0.2) is 38.3 Å². The molecule has 0 unspecified atom stereocenters. The molecule has 1 aliphatic carbocycles. The van der Waals surface area contributed by atoms with Gasteiger partial charge in [-0.05, 0) is 37.5 Å². The van der Waals surface area contributed by atoms with E-state index in [1.807, 2.05) is 30.3 Å². The maximum Gasteiger partial charge on any atom is 0.407 e. The summed E-state index contributed by atoms with van der Waals surface area (Å²) in [6, 6.07) is 13.1. The molecule has 4 aromatic rings. The van der Waals surface area contributed by atoms with Crippen LogP contribution in [-0.2, 0) is 11.8 Å². The molecule has 2 N–H and O–H groups in total. The quantitative estimate of drug-likeness (QED) is 0.481. The molecule has 0 saturated heterocycles. The van der Waals surface area contributed by atoms with Crippen LogP contribution in [0.1, 0.15) is 30.9 Å². The van der Waals surface area contributed by atoms with E-state index in [0.29, 0.717) is 29.1 Å². The van der Waals surface area contributed by atoms with Crippen molar-refractivity contribution >= 4 is 39.7 Å². The van der Waals surface area contributed by atoms with Gasteiger partial charge in [0.25, 0.3) is 0 Å². The van der Waals surface area contributed by atoms with E-state index in [1.54, 1.807) is 28.4 Å². The maximum atomic E-state index is 13.1. The van der Waals surface area contributed by atoms with E-state index in [2.05, 4.69) is 26.7 Å². The molecular formula is C24H23N7O3. The van der Waals surface area contributed by atoms with Crippen molar-refractivity contribution < 1.29 is 9.53 Å². The molecule has 0 bridgehead atoms. The van der Waals surface area contributed by atoms with Crippen molar-refractivity contribution in [1.29, 1.82) is 5.26 Å². The Bertz CT molecular complexity index is 1520. The Balaban J connectivity index is 1.48. The number of ether oxygens (including phenoxy) is 1. The molecule has 1 fully saturated rings. The number of anilines is 2. The van der Waals surface area contributed by atoms with Crippen LogP contribution < -0.4 is 16.3 Å². The average molecular weight is 457 g/mol. The van der Waals surface area contributed by atoms with Gasteiger partial charge in [-0.3, -0.25) is 9.13 Å². The largest absolute Gasteiger partial charge is 0.453 e. The highest BCUT2D eigenvalue weighted by Crippen LogP contribution is 2.32. The molecule has 0 aliphatic heterocycles. The zero-order chi connectivity index (χ0) is 23.8. The SMILES string of the molecule is COC(=O)N[C@@H]1CC[C@@H](n2c(=O)n(C)c3cnc(Nc4ccc5cccc(C#N)c5n4)cc32)C1. The highest BCUT2D eigenvalue weighted by atomic mass is 16.5. The van der Waals surface area contributed by atoms with Crippen LogP contribution in [0, 0.1) is 11.3 Å². The van der Waals surface area contributed by atoms with Gasteiger partial charge in [0.05, 0.1) is 35.4 Å². The fraction of sp³-hybridized carbons (Fsp3) is 0.292. The Morgan fingerprint density at radius 3 is 2.85 bits per heavy atom. The fourth-order valence-corrected chi connectivity index (χ4v) is 4.66. The number of para-hydroxylation sites is 1. The van der Waals surface area contributed by atoms with Gasteiger partial charge < -0.3 is 15.4 Å². The number of benzene rings is 1. The van der Waals surface area contributed by atoms with Crippen LogP contribution in [0.4, 0.5) is 16.4 Å². The molecule has 1 amide bonds. The summed E-state index contributed by atoms with van der Waals surface area (Å²) < 4.78 is 8.07. The smallest absolute Gasteiger partial charge is 0.407 e. The van der Waals surface area contributed by atoms with Crippen molar-refractivity contribution in [2.45, 2.75) is 31.3 Å². The van der Waals surface area contributed by atoms with Gasteiger partial charge in [0.2, 0.25) is 0 Å².